The maximum Gasteiger partial charge on any atom is 0.0810 e. The van der Waals surface area contributed by atoms with Crippen LogP contribution in [-0.2, 0) is 9.47 Å². The first-order valence-electron chi connectivity index (χ1n) is 8.35. The van der Waals surface area contributed by atoms with Crippen LogP contribution >= 0.6 is 0 Å². The molecule has 1 rings (SSSR count). The fourth-order valence-electron chi connectivity index (χ4n) is 3.05. The van der Waals surface area contributed by atoms with Gasteiger partial charge in [-0.2, -0.15) is 0 Å². The van der Waals surface area contributed by atoms with Crippen molar-refractivity contribution in [3.63, 3.8) is 0 Å². The van der Waals surface area contributed by atoms with E-state index in [1.54, 1.807) is 0 Å². The first-order valence-corrected chi connectivity index (χ1v) is 8.35. The summed E-state index contributed by atoms with van der Waals surface area (Å²) in [5.74, 6) is 0.774. The van der Waals surface area contributed by atoms with E-state index in [0.29, 0.717) is 13.2 Å². The van der Waals surface area contributed by atoms with Gasteiger partial charge in [0, 0.05) is 6.54 Å². The summed E-state index contributed by atoms with van der Waals surface area (Å²) in [5.41, 5.74) is -0.0368. The van der Waals surface area contributed by atoms with E-state index in [0.717, 1.165) is 19.0 Å². The van der Waals surface area contributed by atoms with Crippen molar-refractivity contribution < 1.29 is 9.47 Å². The third-order valence-corrected chi connectivity index (χ3v) is 3.95. The quantitative estimate of drug-likeness (QED) is 0.689. The zero-order valence-electron chi connectivity index (χ0n) is 14.3. The second-order valence-corrected chi connectivity index (χ2v) is 7.37. The Bertz CT molecular complexity index is 262. The molecule has 20 heavy (non-hydrogen) atoms. The predicted molar refractivity (Wildman–Crippen MR) is 85.2 cm³/mol. The van der Waals surface area contributed by atoms with Crippen molar-refractivity contribution in [3.05, 3.63) is 0 Å². The van der Waals surface area contributed by atoms with Gasteiger partial charge in [-0.3, -0.25) is 0 Å². The molecule has 120 valence electrons. The van der Waals surface area contributed by atoms with E-state index in [-0.39, 0.29) is 11.2 Å². The summed E-state index contributed by atoms with van der Waals surface area (Å²) in [6.45, 7) is 14.3. The molecule has 0 spiro atoms. The van der Waals surface area contributed by atoms with Gasteiger partial charge in [-0.1, -0.05) is 26.7 Å². The molecule has 0 radical (unpaired) electrons. The lowest BCUT2D eigenvalue weighted by molar-refractivity contribution is -0.112. The van der Waals surface area contributed by atoms with Gasteiger partial charge in [0.1, 0.15) is 0 Å². The van der Waals surface area contributed by atoms with Gasteiger partial charge in [-0.15, -0.1) is 0 Å². The Balaban J connectivity index is 2.41. The monoisotopic (exact) mass is 285 g/mol. The standard InChI is InChI=1S/C17H35NO2/c1-6-10-18-14-17(9-7-8-15(2)13-17)20-12-11-19-16(3,4)5/h15,18H,6-14H2,1-5H3. The smallest absolute Gasteiger partial charge is 0.0810 e. The molecule has 0 aromatic heterocycles. The van der Waals surface area contributed by atoms with Crippen molar-refractivity contribution in [1.82, 2.24) is 5.32 Å². The molecule has 1 aliphatic carbocycles. The molecule has 1 N–H and O–H groups in total. The van der Waals surface area contributed by atoms with Crippen LogP contribution in [0.2, 0.25) is 0 Å². The average Bonchev–Trinajstić information content (AvgIpc) is 2.34. The molecule has 2 unspecified atom stereocenters. The van der Waals surface area contributed by atoms with Crippen LogP contribution < -0.4 is 5.32 Å². The van der Waals surface area contributed by atoms with E-state index in [4.69, 9.17) is 9.47 Å². The molecule has 1 fully saturated rings. The first-order chi connectivity index (χ1) is 9.37. The number of hydrogen-bond acceptors (Lipinski definition) is 3. The summed E-state index contributed by atoms with van der Waals surface area (Å²) >= 11 is 0. The average molecular weight is 285 g/mol. The van der Waals surface area contributed by atoms with Gasteiger partial charge >= 0.3 is 0 Å². The highest BCUT2D eigenvalue weighted by Crippen LogP contribution is 2.34. The molecule has 0 bridgehead atoms. The van der Waals surface area contributed by atoms with Crippen LogP contribution in [0.15, 0.2) is 0 Å². The van der Waals surface area contributed by atoms with Crippen LogP contribution in [0.3, 0.4) is 0 Å². The Morgan fingerprint density at radius 2 is 2.00 bits per heavy atom. The summed E-state index contributed by atoms with van der Waals surface area (Å²) in [7, 11) is 0. The zero-order valence-corrected chi connectivity index (χ0v) is 14.3. The predicted octanol–water partition coefficient (Wildman–Crippen LogP) is 3.77. The van der Waals surface area contributed by atoms with Gasteiger partial charge in [0.2, 0.25) is 0 Å². The lowest BCUT2D eigenvalue weighted by Gasteiger charge is -2.40. The number of ether oxygens (including phenoxy) is 2. The third kappa shape index (κ3) is 7.05. The van der Waals surface area contributed by atoms with Crippen molar-refractivity contribution in [2.75, 3.05) is 26.3 Å². The Morgan fingerprint density at radius 3 is 2.60 bits per heavy atom. The minimum atomic E-state index is -0.0726. The second-order valence-electron chi connectivity index (χ2n) is 7.37. The Labute approximate surface area is 125 Å². The maximum absolute atomic E-state index is 6.30. The van der Waals surface area contributed by atoms with E-state index in [9.17, 15) is 0 Å². The summed E-state index contributed by atoms with van der Waals surface area (Å²) in [4.78, 5) is 0. The van der Waals surface area contributed by atoms with Crippen molar-refractivity contribution in [3.8, 4) is 0 Å². The summed E-state index contributed by atoms with van der Waals surface area (Å²) in [5, 5.41) is 3.56. The summed E-state index contributed by atoms with van der Waals surface area (Å²) < 4.78 is 12.1. The first kappa shape index (κ1) is 17.9. The number of hydrogen-bond donors (Lipinski definition) is 1. The topological polar surface area (TPSA) is 30.5 Å². The molecule has 1 saturated carbocycles. The van der Waals surface area contributed by atoms with Gasteiger partial charge < -0.3 is 14.8 Å². The Morgan fingerprint density at radius 1 is 1.25 bits per heavy atom. The van der Waals surface area contributed by atoms with Crippen molar-refractivity contribution in [2.24, 2.45) is 5.92 Å². The highest BCUT2D eigenvalue weighted by Gasteiger charge is 2.35. The summed E-state index contributed by atoms with van der Waals surface area (Å²) in [6.07, 6.45) is 6.17. The molecule has 3 nitrogen and oxygen atoms in total. The summed E-state index contributed by atoms with van der Waals surface area (Å²) in [6, 6.07) is 0. The van der Waals surface area contributed by atoms with Gasteiger partial charge in [0.05, 0.1) is 24.4 Å². The molecule has 0 amide bonds. The molecule has 0 aromatic rings. The van der Waals surface area contributed by atoms with Crippen molar-refractivity contribution in [2.45, 2.75) is 77.9 Å². The lowest BCUT2D eigenvalue weighted by Crippen LogP contribution is -2.47. The maximum atomic E-state index is 6.30. The van der Waals surface area contributed by atoms with Gasteiger partial charge in [0.15, 0.2) is 0 Å². The fraction of sp³-hybridized carbons (Fsp3) is 1.00. The van der Waals surface area contributed by atoms with Crippen LogP contribution in [0.4, 0.5) is 0 Å². The van der Waals surface area contributed by atoms with Gasteiger partial charge in [-0.25, -0.2) is 0 Å². The number of rotatable bonds is 8. The van der Waals surface area contributed by atoms with Gasteiger partial charge in [-0.05, 0) is 52.5 Å². The molecule has 0 saturated heterocycles. The van der Waals surface area contributed by atoms with Crippen LogP contribution in [-0.4, -0.2) is 37.5 Å². The largest absolute Gasteiger partial charge is 0.373 e. The number of nitrogens with one attached hydrogen (secondary N) is 1. The fourth-order valence-corrected chi connectivity index (χ4v) is 3.05. The van der Waals surface area contributed by atoms with E-state index >= 15 is 0 Å². The van der Waals surface area contributed by atoms with Crippen LogP contribution in [0.5, 0.6) is 0 Å². The highest BCUT2D eigenvalue weighted by molar-refractivity contribution is 4.89. The Hall–Kier alpha value is -0.120. The van der Waals surface area contributed by atoms with E-state index in [1.165, 1.54) is 32.1 Å². The van der Waals surface area contributed by atoms with Crippen molar-refractivity contribution >= 4 is 0 Å². The molecular weight excluding hydrogens is 250 g/mol. The molecule has 1 aliphatic rings. The van der Waals surface area contributed by atoms with Crippen LogP contribution in [0.1, 0.15) is 66.7 Å². The van der Waals surface area contributed by atoms with Gasteiger partial charge in [0.25, 0.3) is 0 Å². The molecule has 2 atom stereocenters. The normalized spacial score (nSPS) is 27.8. The van der Waals surface area contributed by atoms with E-state index < -0.39 is 0 Å². The van der Waals surface area contributed by atoms with E-state index in [1.807, 2.05) is 0 Å². The van der Waals surface area contributed by atoms with Crippen LogP contribution in [0, 0.1) is 5.92 Å². The third-order valence-electron chi connectivity index (χ3n) is 3.95. The Kier molecular flexibility index (Phi) is 7.49. The molecular formula is C17H35NO2. The van der Waals surface area contributed by atoms with E-state index in [2.05, 4.69) is 39.9 Å². The minimum absolute atomic E-state index is 0.0358. The highest BCUT2D eigenvalue weighted by atomic mass is 16.5. The second kappa shape index (κ2) is 8.35. The lowest BCUT2D eigenvalue weighted by atomic mass is 9.78. The SMILES string of the molecule is CCCNCC1(OCCOC(C)(C)C)CCCC(C)C1. The molecule has 0 aliphatic heterocycles. The minimum Gasteiger partial charge on any atom is -0.373 e. The molecule has 0 heterocycles. The molecule has 0 aromatic carbocycles. The zero-order chi connectivity index (χ0) is 15.1. The van der Waals surface area contributed by atoms with Crippen LogP contribution in [0.25, 0.3) is 0 Å². The van der Waals surface area contributed by atoms with Crippen molar-refractivity contribution in [1.29, 1.82) is 0 Å². The molecule has 3 heteroatoms.